The summed E-state index contributed by atoms with van der Waals surface area (Å²) in [5.41, 5.74) is -5.26. The van der Waals surface area contributed by atoms with Crippen LogP contribution in [0.4, 0.5) is 30.7 Å². The van der Waals surface area contributed by atoms with Crippen molar-refractivity contribution in [2.24, 2.45) is 5.92 Å². The minimum absolute atomic E-state index is 0.895. The highest BCUT2D eigenvalue weighted by molar-refractivity contribution is 4.95. The average molecular weight is 242 g/mol. The van der Waals surface area contributed by atoms with Crippen LogP contribution in [0.2, 0.25) is 0 Å². The van der Waals surface area contributed by atoms with Gasteiger partial charge in [0, 0.05) is 13.0 Å². The first-order valence-electron chi connectivity index (χ1n) is 3.89. The Labute approximate surface area is 80.9 Å². The quantitative estimate of drug-likeness (QED) is 0.754. The van der Waals surface area contributed by atoms with Gasteiger partial charge in [-0.1, -0.05) is 6.92 Å². The molecule has 0 aliphatic carbocycles. The molecule has 0 aromatic carbocycles. The van der Waals surface area contributed by atoms with E-state index in [-0.39, 0.29) is 0 Å². The molecule has 0 aromatic rings. The number of hydrogen-bond acceptors (Lipinski definition) is 1. The zero-order valence-electron chi connectivity index (χ0n) is 7.58. The van der Waals surface area contributed by atoms with Gasteiger partial charge in [-0.15, -0.1) is 0 Å². The summed E-state index contributed by atoms with van der Waals surface area (Å²) < 4.78 is 84.4. The highest BCUT2D eigenvalue weighted by atomic mass is 19.4. The number of halogens is 7. The van der Waals surface area contributed by atoms with Gasteiger partial charge in [-0.3, -0.25) is 0 Å². The highest BCUT2D eigenvalue weighted by Crippen LogP contribution is 2.49. The van der Waals surface area contributed by atoms with Crippen molar-refractivity contribution in [3.63, 3.8) is 0 Å². The molecule has 0 heterocycles. The monoisotopic (exact) mass is 242 g/mol. The van der Waals surface area contributed by atoms with Crippen molar-refractivity contribution in [2.45, 2.75) is 31.4 Å². The summed E-state index contributed by atoms with van der Waals surface area (Å²) in [5.74, 6) is -1.43. The molecule has 0 spiro atoms. The van der Waals surface area contributed by atoms with Crippen LogP contribution in [0.25, 0.3) is 0 Å². The first-order chi connectivity index (χ1) is 6.45. The van der Waals surface area contributed by atoms with Crippen LogP contribution < -0.4 is 0 Å². The molecule has 0 saturated heterocycles. The number of aliphatic hydroxyl groups is 1. The van der Waals surface area contributed by atoms with Crippen LogP contribution in [0, 0.1) is 5.92 Å². The Bertz CT molecular complexity index is 192. The van der Waals surface area contributed by atoms with E-state index in [1.54, 1.807) is 0 Å². The smallest absolute Gasteiger partial charge is 0.396 e. The van der Waals surface area contributed by atoms with E-state index in [0.29, 0.717) is 0 Å². The highest BCUT2D eigenvalue weighted by Gasteiger charge is 2.72. The largest absolute Gasteiger partial charge is 0.431 e. The molecule has 0 aliphatic rings. The van der Waals surface area contributed by atoms with E-state index in [9.17, 15) is 30.7 Å². The topological polar surface area (TPSA) is 20.2 Å². The lowest BCUT2D eigenvalue weighted by atomic mass is 9.92. The molecule has 0 amide bonds. The second-order valence-corrected chi connectivity index (χ2v) is 3.29. The van der Waals surface area contributed by atoms with Crippen molar-refractivity contribution in [3.05, 3.63) is 0 Å². The third-order valence-electron chi connectivity index (χ3n) is 1.84. The Morgan fingerprint density at radius 2 is 1.27 bits per heavy atom. The van der Waals surface area contributed by atoms with Crippen LogP contribution in [0.1, 0.15) is 13.3 Å². The fraction of sp³-hybridized carbons (Fsp3) is 1.00. The van der Waals surface area contributed by atoms with E-state index in [4.69, 9.17) is 5.11 Å². The molecule has 0 radical (unpaired) electrons. The summed E-state index contributed by atoms with van der Waals surface area (Å²) in [6, 6.07) is 0. The zero-order chi connectivity index (χ0) is 12.5. The molecule has 1 nitrogen and oxygen atoms in total. The summed E-state index contributed by atoms with van der Waals surface area (Å²) in [6.45, 7) is -0.0519. The summed E-state index contributed by atoms with van der Waals surface area (Å²) in [7, 11) is 0. The van der Waals surface area contributed by atoms with Crippen LogP contribution >= 0.6 is 0 Å². The molecule has 92 valence electrons. The normalized spacial score (nSPS) is 16.6. The Kier molecular flexibility index (Phi) is 4.00. The van der Waals surface area contributed by atoms with Gasteiger partial charge in [0.2, 0.25) is 0 Å². The van der Waals surface area contributed by atoms with Crippen LogP contribution in [0.5, 0.6) is 0 Å². The second-order valence-electron chi connectivity index (χ2n) is 3.29. The van der Waals surface area contributed by atoms with Gasteiger partial charge in [0.25, 0.3) is 5.67 Å². The van der Waals surface area contributed by atoms with Crippen LogP contribution in [0.15, 0.2) is 0 Å². The van der Waals surface area contributed by atoms with Gasteiger partial charge in [0.15, 0.2) is 0 Å². The summed E-state index contributed by atoms with van der Waals surface area (Å²) in [4.78, 5) is 0. The van der Waals surface area contributed by atoms with Gasteiger partial charge < -0.3 is 5.11 Å². The molecule has 1 atom stereocenters. The third-order valence-corrected chi connectivity index (χ3v) is 1.84. The Hall–Kier alpha value is -0.530. The molecular formula is C7H9F7O. The van der Waals surface area contributed by atoms with Crippen molar-refractivity contribution < 1.29 is 35.8 Å². The maximum Gasteiger partial charge on any atom is 0.431 e. The van der Waals surface area contributed by atoms with E-state index in [0.717, 1.165) is 6.92 Å². The minimum Gasteiger partial charge on any atom is -0.396 e. The first kappa shape index (κ1) is 14.5. The van der Waals surface area contributed by atoms with Gasteiger partial charge >= 0.3 is 12.4 Å². The van der Waals surface area contributed by atoms with Crippen LogP contribution in [0.3, 0.4) is 0 Å². The maximum absolute atomic E-state index is 12.9. The first-order valence-corrected chi connectivity index (χ1v) is 3.89. The lowest BCUT2D eigenvalue weighted by Gasteiger charge is -2.31. The van der Waals surface area contributed by atoms with Gasteiger partial charge in [-0.05, 0) is 5.92 Å². The van der Waals surface area contributed by atoms with E-state index in [1.165, 1.54) is 0 Å². The molecule has 0 bridgehead atoms. The molecule has 1 unspecified atom stereocenters. The lowest BCUT2D eigenvalue weighted by Crippen LogP contribution is -2.54. The molecule has 0 aliphatic heterocycles. The van der Waals surface area contributed by atoms with Crippen molar-refractivity contribution in [1.29, 1.82) is 0 Å². The fourth-order valence-corrected chi connectivity index (χ4v) is 0.937. The number of hydrogen-bond donors (Lipinski definition) is 1. The molecule has 1 N–H and O–H groups in total. The number of rotatable bonds is 3. The number of aliphatic hydroxyl groups excluding tert-OH is 1. The van der Waals surface area contributed by atoms with Crippen molar-refractivity contribution in [3.8, 4) is 0 Å². The predicted octanol–water partition coefficient (Wildman–Crippen LogP) is 2.84. The summed E-state index contributed by atoms with van der Waals surface area (Å²) >= 11 is 0. The molecular weight excluding hydrogens is 233 g/mol. The van der Waals surface area contributed by atoms with E-state index < -0.39 is 37.0 Å². The van der Waals surface area contributed by atoms with Gasteiger partial charge in [0.05, 0.1) is 0 Å². The lowest BCUT2D eigenvalue weighted by molar-refractivity contribution is -0.346. The molecule has 0 fully saturated rings. The van der Waals surface area contributed by atoms with E-state index in [1.807, 2.05) is 0 Å². The molecule has 8 heteroatoms. The average Bonchev–Trinajstić information content (AvgIpc) is 1.99. The third kappa shape index (κ3) is 2.96. The molecule has 0 saturated carbocycles. The van der Waals surface area contributed by atoms with Gasteiger partial charge in [-0.2, -0.15) is 26.3 Å². The Morgan fingerprint density at radius 1 is 0.933 bits per heavy atom. The fourth-order valence-electron chi connectivity index (χ4n) is 0.937. The van der Waals surface area contributed by atoms with Gasteiger partial charge in [-0.25, -0.2) is 4.39 Å². The van der Waals surface area contributed by atoms with E-state index >= 15 is 0 Å². The standard InChI is InChI=1S/C7H9F7O/c1-4(3-15)2-5(8,6(9,10)11)7(12,13)14/h4,15H,2-3H2,1H3. The van der Waals surface area contributed by atoms with Gasteiger partial charge in [0.1, 0.15) is 0 Å². The maximum atomic E-state index is 12.9. The van der Waals surface area contributed by atoms with E-state index in [2.05, 4.69) is 0 Å². The molecule has 0 rings (SSSR count). The van der Waals surface area contributed by atoms with Crippen LogP contribution in [-0.4, -0.2) is 29.7 Å². The molecule has 0 aromatic heterocycles. The van der Waals surface area contributed by atoms with Crippen molar-refractivity contribution >= 4 is 0 Å². The molecule has 15 heavy (non-hydrogen) atoms. The number of alkyl halides is 7. The predicted molar refractivity (Wildman–Crippen MR) is 36.8 cm³/mol. The van der Waals surface area contributed by atoms with Crippen molar-refractivity contribution in [2.75, 3.05) is 6.61 Å². The SMILES string of the molecule is CC(CO)CC(F)(C(F)(F)F)C(F)(F)F. The zero-order valence-corrected chi connectivity index (χ0v) is 7.58. The Morgan fingerprint density at radius 3 is 1.47 bits per heavy atom. The summed E-state index contributed by atoms with van der Waals surface area (Å²) in [6.07, 6.45) is -13.9. The minimum atomic E-state index is -6.03. The second kappa shape index (κ2) is 4.15. The summed E-state index contributed by atoms with van der Waals surface area (Å²) in [5, 5.41) is 8.33. The Balaban J connectivity index is 5.06. The van der Waals surface area contributed by atoms with Crippen LogP contribution in [-0.2, 0) is 0 Å². The van der Waals surface area contributed by atoms with Crippen molar-refractivity contribution in [1.82, 2.24) is 0 Å².